The molecular weight excluding hydrogens is 276 g/mol. The molecule has 0 unspecified atom stereocenters. The Morgan fingerprint density at radius 2 is 1.95 bits per heavy atom. The molecule has 0 saturated heterocycles. The van der Waals surface area contributed by atoms with Crippen molar-refractivity contribution in [2.45, 2.75) is 19.3 Å². The summed E-state index contributed by atoms with van der Waals surface area (Å²) in [5.74, 6) is -0.242. The van der Waals surface area contributed by atoms with E-state index in [-0.39, 0.29) is 11.7 Å². The number of carbonyl (C=O) groups is 2. The molecule has 0 fully saturated rings. The maximum absolute atomic E-state index is 12.3. The predicted octanol–water partition coefficient (Wildman–Crippen LogP) is 3.44. The lowest BCUT2D eigenvalue weighted by Gasteiger charge is -2.11. The highest BCUT2D eigenvalue weighted by atomic mass is 35.5. The number of hydrogen-bond acceptors (Lipinski definition) is 2. The summed E-state index contributed by atoms with van der Waals surface area (Å²) < 4.78 is 0. The minimum absolute atomic E-state index is 0.0359. The van der Waals surface area contributed by atoms with Crippen molar-refractivity contribution in [3.63, 3.8) is 0 Å². The number of H-pyrrole nitrogens is 1. The molecule has 0 saturated carbocycles. The number of aromatic amines is 1. The zero-order chi connectivity index (χ0) is 14.1. The number of fused-ring (bicyclic) bond motifs is 1. The van der Waals surface area contributed by atoms with Crippen LogP contribution in [0.3, 0.4) is 0 Å². The number of hydrogen-bond donors (Lipinski definition) is 2. The maximum Gasteiger partial charge on any atom is 0.257 e. The number of nitrogens with one attached hydrogen (secondary N) is 2. The summed E-state index contributed by atoms with van der Waals surface area (Å²) in [6, 6.07) is 6.85. The number of halogens is 1. The minimum atomic E-state index is -0.278. The van der Waals surface area contributed by atoms with Crippen molar-refractivity contribution in [1.82, 2.24) is 4.98 Å². The first-order chi connectivity index (χ1) is 9.65. The van der Waals surface area contributed by atoms with Crippen LogP contribution >= 0.6 is 11.6 Å². The summed E-state index contributed by atoms with van der Waals surface area (Å²) in [6.07, 6.45) is 3.77. The fraction of sp³-hybridized carbons (Fsp3) is 0.200. The molecule has 1 aromatic heterocycles. The van der Waals surface area contributed by atoms with Gasteiger partial charge in [0.1, 0.15) is 0 Å². The van der Waals surface area contributed by atoms with Crippen LogP contribution in [-0.4, -0.2) is 16.7 Å². The average Bonchev–Trinajstić information content (AvgIpc) is 2.87. The predicted molar refractivity (Wildman–Crippen MR) is 77.5 cm³/mol. The van der Waals surface area contributed by atoms with Crippen LogP contribution in [0.2, 0.25) is 5.02 Å². The van der Waals surface area contributed by atoms with Gasteiger partial charge in [-0.2, -0.15) is 0 Å². The second-order valence-electron chi connectivity index (χ2n) is 4.79. The molecule has 4 nitrogen and oxygen atoms in total. The van der Waals surface area contributed by atoms with Gasteiger partial charge in [-0.05, 0) is 37.1 Å². The second kappa shape index (κ2) is 5.13. The van der Waals surface area contributed by atoms with E-state index in [1.165, 1.54) is 0 Å². The van der Waals surface area contributed by atoms with Gasteiger partial charge in [0.05, 0.1) is 11.1 Å². The highest BCUT2D eigenvalue weighted by Crippen LogP contribution is 2.25. The fourth-order valence-electron chi connectivity index (χ4n) is 2.44. The van der Waals surface area contributed by atoms with Crippen LogP contribution < -0.4 is 5.32 Å². The van der Waals surface area contributed by atoms with E-state index in [0.29, 0.717) is 28.3 Å². The molecule has 0 atom stereocenters. The number of carbonyl (C=O) groups excluding carboxylic acids is 2. The molecule has 20 heavy (non-hydrogen) atoms. The molecule has 2 N–H and O–H groups in total. The molecule has 1 aliphatic rings. The first-order valence-electron chi connectivity index (χ1n) is 6.45. The lowest BCUT2D eigenvalue weighted by atomic mass is 9.93. The number of Topliss-reactive ketones (excluding diaryl/α,β-unsaturated/α-hetero) is 1. The Labute approximate surface area is 121 Å². The van der Waals surface area contributed by atoms with Crippen molar-refractivity contribution in [2.75, 3.05) is 5.32 Å². The second-order valence-corrected chi connectivity index (χ2v) is 5.23. The van der Waals surface area contributed by atoms with Gasteiger partial charge in [0, 0.05) is 29.0 Å². The number of amides is 1. The van der Waals surface area contributed by atoms with Gasteiger partial charge in [0.25, 0.3) is 5.91 Å². The zero-order valence-corrected chi connectivity index (χ0v) is 11.5. The average molecular weight is 289 g/mol. The van der Waals surface area contributed by atoms with Gasteiger partial charge in [-0.1, -0.05) is 11.6 Å². The van der Waals surface area contributed by atoms with E-state index >= 15 is 0 Å². The maximum atomic E-state index is 12.3. The van der Waals surface area contributed by atoms with Gasteiger partial charge in [-0.3, -0.25) is 9.59 Å². The van der Waals surface area contributed by atoms with E-state index in [0.717, 1.165) is 18.5 Å². The zero-order valence-electron chi connectivity index (χ0n) is 10.7. The van der Waals surface area contributed by atoms with E-state index in [9.17, 15) is 9.59 Å². The van der Waals surface area contributed by atoms with Crippen molar-refractivity contribution < 1.29 is 9.59 Å². The SMILES string of the molecule is O=C(Nc1ccc(Cl)cc1)c1c[nH]c2c1C(=O)CCC2. The lowest BCUT2D eigenvalue weighted by molar-refractivity contribution is 0.0956. The third kappa shape index (κ3) is 2.34. The van der Waals surface area contributed by atoms with Crippen LogP contribution in [0.5, 0.6) is 0 Å². The van der Waals surface area contributed by atoms with Gasteiger partial charge in [-0.15, -0.1) is 0 Å². The molecule has 1 heterocycles. The molecule has 102 valence electrons. The number of aromatic nitrogens is 1. The third-order valence-corrected chi connectivity index (χ3v) is 3.67. The van der Waals surface area contributed by atoms with Crippen LogP contribution in [0, 0.1) is 0 Å². The quantitative estimate of drug-likeness (QED) is 0.889. The normalized spacial score (nSPS) is 13.9. The van der Waals surface area contributed by atoms with Crippen molar-refractivity contribution in [3.05, 3.63) is 52.3 Å². The van der Waals surface area contributed by atoms with Crippen molar-refractivity contribution in [1.29, 1.82) is 0 Å². The van der Waals surface area contributed by atoms with Gasteiger partial charge < -0.3 is 10.3 Å². The van der Waals surface area contributed by atoms with E-state index in [4.69, 9.17) is 11.6 Å². The highest BCUT2D eigenvalue weighted by Gasteiger charge is 2.25. The summed E-state index contributed by atoms with van der Waals surface area (Å²) in [5.41, 5.74) is 2.47. The van der Waals surface area contributed by atoms with Crippen LogP contribution in [0.15, 0.2) is 30.5 Å². The fourth-order valence-corrected chi connectivity index (χ4v) is 2.57. The highest BCUT2D eigenvalue weighted by molar-refractivity contribution is 6.30. The van der Waals surface area contributed by atoms with E-state index < -0.39 is 0 Å². The van der Waals surface area contributed by atoms with Crippen LogP contribution in [-0.2, 0) is 6.42 Å². The molecule has 1 amide bonds. The molecule has 3 rings (SSSR count). The van der Waals surface area contributed by atoms with Gasteiger partial charge in [0.15, 0.2) is 5.78 Å². The Morgan fingerprint density at radius 3 is 2.70 bits per heavy atom. The number of aryl methyl sites for hydroxylation is 1. The first kappa shape index (κ1) is 12.9. The molecular formula is C15H13ClN2O2. The first-order valence-corrected chi connectivity index (χ1v) is 6.83. The van der Waals surface area contributed by atoms with E-state index in [2.05, 4.69) is 10.3 Å². The molecule has 0 bridgehead atoms. The Morgan fingerprint density at radius 1 is 1.20 bits per heavy atom. The van der Waals surface area contributed by atoms with Crippen LogP contribution in [0.25, 0.3) is 0 Å². The van der Waals surface area contributed by atoms with Gasteiger partial charge in [-0.25, -0.2) is 0 Å². The van der Waals surface area contributed by atoms with Crippen molar-refractivity contribution in [2.24, 2.45) is 0 Å². The Hall–Kier alpha value is -2.07. The molecule has 1 aliphatic carbocycles. The third-order valence-electron chi connectivity index (χ3n) is 3.42. The minimum Gasteiger partial charge on any atom is -0.364 e. The van der Waals surface area contributed by atoms with Crippen molar-refractivity contribution >= 4 is 29.0 Å². The summed E-state index contributed by atoms with van der Waals surface area (Å²) in [6.45, 7) is 0. The Balaban J connectivity index is 1.86. The van der Waals surface area contributed by atoms with E-state index in [1.54, 1.807) is 30.5 Å². The molecule has 5 heteroatoms. The number of ketones is 1. The standard InChI is InChI=1S/C15H13ClN2O2/c16-9-4-6-10(7-5-9)18-15(20)11-8-17-12-2-1-3-13(19)14(11)12/h4-8,17H,1-3H2,(H,18,20). The van der Waals surface area contributed by atoms with E-state index in [1.807, 2.05) is 0 Å². The lowest BCUT2D eigenvalue weighted by Crippen LogP contribution is -2.17. The topological polar surface area (TPSA) is 62.0 Å². The summed E-state index contributed by atoms with van der Waals surface area (Å²) in [7, 11) is 0. The smallest absolute Gasteiger partial charge is 0.257 e. The number of benzene rings is 1. The molecule has 0 aliphatic heterocycles. The molecule has 2 aromatic rings. The van der Waals surface area contributed by atoms with Gasteiger partial charge >= 0.3 is 0 Å². The molecule has 0 spiro atoms. The molecule has 0 radical (unpaired) electrons. The summed E-state index contributed by atoms with van der Waals surface area (Å²) >= 11 is 5.80. The summed E-state index contributed by atoms with van der Waals surface area (Å²) in [5, 5.41) is 3.38. The van der Waals surface area contributed by atoms with Gasteiger partial charge in [0.2, 0.25) is 0 Å². The Bertz CT molecular complexity index is 674. The van der Waals surface area contributed by atoms with Crippen LogP contribution in [0.1, 0.15) is 39.3 Å². The van der Waals surface area contributed by atoms with Crippen molar-refractivity contribution in [3.8, 4) is 0 Å². The number of anilines is 1. The Kier molecular flexibility index (Phi) is 3.32. The largest absolute Gasteiger partial charge is 0.364 e. The van der Waals surface area contributed by atoms with Crippen LogP contribution in [0.4, 0.5) is 5.69 Å². The number of rotatable bonds is 2. The molecule has 1 aromatic carbocycles. The monoisotopic (exact) mass is 288 g/mol. The summed E-state index contributed by atoms with van der Waals surface area (Å²) in [4.78, 5) is 27.2.